The third-order valence-corrected chi connectivity index (χ3v) is 5.87. The van der Waals surface area contributed by atoms with E-state index >= 15 is 0 Å². The van der Waals surface area contributed by atoms with Gasteiger partial charge in [-0.05, 0) is 70.1 Å². The molecule has 1 aliphatic rings. The maximum absolute atomic E-state index is 12.9. The van der Waals surface area contributed by atoms with Crippen LogP contribution in [-0.2, 0) is 4.79 Å². The van der Waals surface area contributed by atoms with Gasteiger partial charge in [-0.25, -0.2) is 0 Å². The molecule has 136 valence electrons. The minimum atomic E-state index is -0.274. The van der Waals surface area contributed by atoms with Crippen molar-refractivity contribution in [1.82, 2.24) is 5.32 Å². The quantitative estimate of drug-likeness (QED) is 0.713. The Labute approximate surface area is 145 Å². The Balaban J connectivity index is 2.74. The van der Waals surface area contributed by atoms with Gasteiger partial charge < -0.3 is 5.32 Å². The number of carbonyl (C=O) groups excluding carboxylic acids is 1. The smallest absolute Gasteiger partial charge is 0.155 e. The minimum absolute atomic E-state index is 0.0107. The van der Waals surface area contributed by atoms with Gasteiger partial charge >= 0.3 is 0 Å². The number of hydrogen-bond acceptors (Lipinski definition) is 2. The van der Waals surface area contributed by atoms with E-state index in [2.05, 4.69) is 46.9 Å². The zero-order valence-corrected chi connectivity index (χ0v) is 17.2. The van der Waals surface area contributed by atoms with Gasteiger partial charge in [0.25, 0.3) is 0 Å². The van der Waals surface area contributed by atoms with Gasteiger partial charge in [-0.15, -0.1) is 0 Å². The summed E-state index contributed by atoms with van der Waals surface area (Å²) < 4.78 is 0. The van der Waals surface area contributed by atoms with Crippen molar-refractivity contribution in [3.8, 4) is 0 Å². The summed E-state index contributed by atoms with van der Waals surface area (Å²) in [4.78, 5) is 12.9. The molecule has 0 spiro atoms. The molecule has 2 nitrogen and oxygen atoms in total. The molecule has 0 radical (unpaired) electrons. The number of ketones is 1. The summed E-state index contributed by atoms with van der Waals surface area (Å²) in [6.45, 7) is 19.8. The lowest BCUT2D eigenvalue weighted by atomic mass is 9.64. The second-order valence-electron chi connectivity index (χ2n) is 10.5. The second kappa shape index (κ2) is 7.25. The maximum atomic E-state index is 12.9. The summed E-state index contributed by atoms with van der Waals surface area (Å²) >= 11 is 0. The van der Waals surface area contributed by atoms with E-state index in [0.717, 1.165) is 12.3 Å². The first-order valence-electron chi connectivity index (χ1n) is 9.56. The molecular formula is C21H41NO. The van der Waals surface area contributed by atoms with E-state index in [4.69, 9.17) is 0 Å². The minimum Gasteiger partial charge on any atom is -0.303 e. The molecule has 1 rings (SSSR count). The van der Waals surface area contributed by atoms with Crippen molar-refractivity contribution < 1.29 is 4.79 Å². The van der Waals surface area contributed by atoms with Crippen molar-refractivity contribution in [3.05, 3.63) is 0 Å². The molecule has 0 aliphatic heterocycles. The molecule has 1 N–H and O–H groups in total. The molecular weight excluding hydrogens is 282 g/mol. The third-order valence-electron chi connectivity index (χ3n) is 5.87. The molecule has 0 aromatic rings. The van der Waals surface area contributed by atoms with Gasteiger partial charge in [-0.3, -0.25) is 4.79 Å². The van der Waals surface area contributed by atoms with Crippen LogP contribution in [0.15, 0.2) is 0 Å². The highest BCUT2D eigenvalue weighted by molar-refractivity contribution is 5.88. The molecule has 0 amide bonds. The Bertz CT molecular complexity index is 389. The van der Waals surface area contributed by atoms with Crippen LogP contribution in [0.2, 0.25) is 0 Å². The molecule has 1 fully saturated rings. The van der Waals surface area contributed by atoms with Crippen LogP contribution in [0.1, 0.15) is 94.4 Å². The fraction of sp³-hybridized carbons (Fsp3) is 0.952. The molecule has 0 saturated heterocycles. The predicted octanol–water partition coefficient (Wildman–Crippen LogP) is 5.60. The number of rotatable bonds is 5. The summed E-state index contributed by atoms with van der Waals surface area (Å²) in [6.07, 6.45) is 6.16. The Morgan fingerprint density at radius 3 is 1.91 bits per heavy atom. The van der Waals surface area contributed by atoms with Crippen molar-refractivity contribution in [1.29, 1.82) is 0 Å². The van der Waals surface area contributed by atoms with Crippen molar-refractivity contribution in [2.75, 3.05) is 0 Å². The van der Waals surface area contributed by atoms with Gasteiger partial charge in [0.05, 0.1) is 6.04 Å². The first kappa shape index (κ1) is 20.7. The number of hydrogen-bond donors (Lipinski definition) is 1. The van der Waals surface area contributed by atoms with Crippen LogP contribution in [0.3, 0.4) is 0 Å². The first-order chi connectivity index (χ1) is 10.2. The number of nitrogens with one attached hydrogen (secondary N) is 1. The topological polar surface area (TPSA) is 29.1 Å². The van der Waals surface area contributed by atoms with Gasteiger partial charge in [-0.1, -0.05) is 41.5 Å². The molecule has 0 heterocycles. The summed E-state index contributed by atoms with van der Waals surface area (Å²) in [5, 5.41) is 3.60. The first-order valence-corrected chi connectivity index (χ1v) is 9.56. The zero-order valence-electron chi connectivity index (χ0n) is 17.2. The van der Waals surface area contributed by atoms with Gasteiger partial charge in [0, 0.05) is 11.0 Å². The molecule has 1 aliphatic carbocycles. The lowest BCUT2D eigenvalue weighted by Crippen LogP contribution is -2.51. The highest BCUT2D eigenvalue weighted by Gasteiger charge is 2.37. The highest BCUT2D eigenvalue weighted by atomic mass is 16.1. The highest BCUT2D eigenvalue weighted by Crippen LogP contribution is 2.45. The Morgan fingerprint density at radius 2 is 1.57 bits per heavy atom. The summed E-state index contributed by atoms with van der Waals surface area (Å²) in [7, 11) is 0. The van der Waals surface area contributed by atoms with Crippen molar-refractivity contribution in [3.63, 3.8) is 0 Å². The SMILES string of the molecule is CC(C)C1(C)CCC(CC(NC(C)(C)C)C(=O)C(C)(C)C)CC1. The van der Waals surface area contributed by atoms with Gasteiger partial charge in [0.15, 0.2) is 5.78 Å². The van der Waals surface area contributed by atoms with E-state index in [1.165, 1.54) is 25.7 Å². The Morgan fingerprint density at radius 1 is 1.09 bits per heavy atom. The van der Waals surface area contributed by atoms with Crippen LogP contribution < -0.4 is 5.32 Å². The predicted molar refractivity (Wildman–Crippen MR) is 101 cm³/mol. The van der Waals surface area contributed by atoms with Crippen LogP contribution in [0.4, 0.5) is 0 Å². The molecule has 1 atom stereocenters. The largest absolute Gasteiger partial charge is 0.303 e. The molecule has 1 unspecified atom stereocenters. The van der Waals surface area contributed by atoms with E-state index in [1.807, 2.05) is 20.8 Å². The van der Waals surface area contributed by atoms with E-state index in [0.29, 0.717) is 17.1 Å². The van der Waals surface area contributed by atoms with Crippen LogP contribution in [0, 0.1) is 22.7 Å². The lowest BCUT2D eigenvalue weighted by molar-refractivity contribution is -0.129. The Hall–Kier alpha value is -0.370. The molecule has 2 heteroatoms. The second-order valence-corrected chi connectivity index (χ2v) is 10.5. The summed E-state index contributed by atoms with van der Waals surface area (Å²) in [5.41, 5.74) is 0.203. The molecule has 0 bridgehead atoms. The third kappa shape index (κ3) is 6.21. The van der Waals surface area contributed by atoms with Gasteiger partial charge in [-0.2, -0.15) is 0 Å². The summed E-state index contributed by atoms with van der Waals surface area (Å²) in [6, 6.07) is -0.0107. The molecule has 23 heavy (non-hydrogen) atoms. The van der Waals surface area contributed by atoms with E-state index in [9.17, 15) is 4.79 Å². The van der Waals surface area contributed by atoms with E-state index in [-0.39, 0.29) is 17.0 Å². The van der Waals surface area contributed by atoms with Gasteiger partial charge in [0.2, 0.25) is 0 Å². The van der Waals surface area contributed by atoms with Crippen molar-refractivity contribution in [2.45, 2.75) is 106 Å². The Kier molecular flexibility index (Phi) is 6.52. The molecule has 0 aromatic heterocycles. The monoisotopic (exact) mass is 323 g/mol. The average Bonchev–Trinajstić information content (AvgIpc) is 2.37. The van der Waals surface area contributed by atoms with Crippen LogP contribution >= 0.6 is 0 Å². The molecule has 1 saturated carbocycles. The number of Topliss-reactive ketones (excluding diaryl/α,β-unsaturated/α-hetero) is 1. The average molecular weight is 324 g/mol. The van der Waals surface area contributed by atoms with Crippen molar-refractivity contribution in [2.24, 2.45) is 22.7 Å². The van der Waals surface area contributed by atoms with Crippen LogP contribution in [0.25, 0.3) is 0 Å². The zero-order chi connectivity index (χ0) is 18.1. The molecule has 0 aromatic carbocycles. The lowest BCUT2D eigenvalue weighted by Gasteiger charge is -2.42. The fourth-order valence-electron chi connectivity index (χ4n) is 3.76. The maximum Gasteiger partial charge on any atom is 0.155 e. The summed E-state index contributed by atoms with van der Waals surface area (Å²) in [5.74, 6) is 1.81. The normalized spacial score (nSPS) is 28.0. The van der Waals surface area contributed by atoms with E-state index < -0.39 is 0 Å². The standard InChI is InChI=1S/C21H41NO/c1-15(2)21(9)12-10-16(11-13-21)14-17(22-20(6,7)8)18(23)19(3,4)5/h15-17,22H,10-14H2,1-9H3. The number of carbonyl (C=O) groups is 1. The van der Waals surface area contributed by atoms with Crippen molar-refractivity contribution >= 4 is 5.78 Å². The van der Waals surface area contributed by atoms with E-state index in [1.54, 1.807) is 0 Å². The van der Waals surface area contributed by atoms with Crippen LogP contribution in [-0.4, -0.2) is 17.4 Å². The van der Waals surface area contributed by atoms with Gasteiger partial charge in [0.1, 0.15) is 0 Å². The van der Waals surface area contributed by atoms with Crippen LogP contribution in [0.5, 0.6) is 0 Å². The fourth-order valence-corrected chi connectivity index (χ4v) is 3.76.